The van der Waals surface area contributed by atoms with Gasteiger partial charge < -0.3 is 4.74 Å². The third-order valence-corrected chi connectivity index (χ3v) is 10.3. The van der Waals surface area contributed by atoms with Crippen LogP contribution in [0.15, 0.2) is 0 Å². The van der Waals surface area contributed by atoms with Crippen LogP contribution in [-0.4, -0.2) is 26.0 Å². The van der Waals surface area contributed by atoms with Gasteiger partial charge in [-0.2, -0.15) is 0 Å². The fourth-order valence-electron chi connectivity index (χ4n) is 2.92. The summed E-state index contributed by atoms with van der Waals surface area (Å²) < 4.78 is 5.11. The number of rotatable bonds is 5. The first kappa shape index (κ1) is 18.5. The molecule has 0 fully saturated rings. The van der Waals surface area contributed by atoms with Crippen molar-refractivity contribution in [1.82, 2.24) is 0 Å². The molecule has 0 bridgehead atoms. The first-order chi connectivity index (χ1) is 8.68. The lowest BCUT2D eigenvalue weighted by Gasteiger charge is -2.38. The van der Waals surface area contributed by atoms with Crippen molar-refractivity contribution in [3.05, 3.63) is 0 Å². The van der Waals surface area contributed by atoms with E-state index in [1.54, 1.807) is 6.92 Å². The average molecular weight is 303 g/mol. The van der Waals surface area contributed by atoms with Gasteiger partial charge in [0.2, 0.25) is 0 Å². The first-order valence-electron chi connectivity index (χ1n) is 6.96. The Kier molecular flexibility index (Phi) is 7.77. The van der Waals surface area contributed by atoms with Gasteiger partial charge in [0.05, 0.1) is 0 Å². The van der Waals surface area contributed by atoms with Crippen LogP contribution in [0.5, 0.6) is 0 Å². The van der Waals surface area contributed by atoms with Crippen LogP contribution < -0.4 is 0 Å². The van der Waals surface area contributed by atoms with Crippen LogP contribution in [0.3, 0.4) is 0 Å². The molecule has 2 nitrogen and oxygen atoms in total. The van der Waals surface area contributed by atoms with Gasteiger partial charge in [0, 0.05) is 0 Å². The fourth-order valence-corrected chi connectivity index (χ4v) is 8.30. The van der Waals surface area contributed by atoms with Crippen LogP contribution in [0.25, 0.3) is 0 Å². The molecule has 0 saturated heterocycles. The van der Waals surface area contributed by atoms with Crippen LogP contribution in [0.2, 0.25) is 16.6 Å². The lowest BCUT2D eigenvalue weighted by atomic mass is 10.4. The molecule has 0 N–H and O–H groups in total. The molecular formula is C15H27ClO2Si. The summed E-state index contributed by atoms with van der Waals surface area (Å²) in [6.07, 6.45) is -0.380. The van der Waals surface area contributed by atoms with E-state index in [0.717, 1.165) is 0 Å². The van der Waals surface area contributed by atoms with Gasteiger partial charge >= 0.3 is 5.97 Å². The van der Waals surface area contributed by atoms with Crippen molar-refractivity contribution in [2.45, 2.75) is 71.2 Å². The monoisotopic (exact) mass is 302 g/mol. The predicted octanol–water partition coefficient (Wildman–Crippen LogP) is 4.38. The maximum absolute atomic E-state index is 11.1. The van der Waals surface area contributed by atoms with E-state index in [0.29, 0.717) is 16.6 Å². The van der Waals surface area contributed by atoms with Gasteiger partial charge in [0.15, 0.2) is 6.10 Å². The van der Waals surface area contributed by atoms with Gasteiger partial charge in [-0.15, -0.1) is 17.1 Å². The summed E-state index contributed by atoms with van der Waals surface area (Å²) in [6, 6.07) is 0. The summed E-state index contributed by atoms with van der Waals surface area (Å²) in [5.41, 5.74) is 5.27. The topological polar surface area (TPSA) is 26.3 Å². The van der Waals surface area contributed by atoms with Gasteiger partial charge in [-0.1, -0.05) is 47.5 Å². The van der Waals surface area contributed by atoms with E-state index in [2.05, 4.69) is 53.0 Å². The van der Waals surface area contributed by atoms with E-state index in [4.69, 9.17) is 16.3 Å². The van der Waals surface area contributed by atoms with Gasteiger partial charge in [-0.25, -0.2) is 0 Å². The van der Waals surface area contributed by atoms with Crippen molar-refractivity contribution in [3.63, 3.8) is 0 Å². The number of carbonyl (C=O) groups excluding carboxylic acids is 1. The molecule has 4 heteroatoms. The number of esters is 1. The minimum atomic E-state index is -1.74. The third-order valence-electron chi connectivity index (χ3n) is 3.78. The van der Waals surface area contributed by atoms with E-state index >= 15 is 0 Å². The number of halogens is 1. The maximum Gasteiger partial charge on any atom is 0.322 e. The molecule has 19 heavy (non-hydrogen) atoms. The van der Waals surface area contributed by atoms with Crippen LogP contribution in [0.1, 0.15) is 48.5 Å². The zero-order chi connectivity index (χ0) is 15.2. The second-order valence-corrected chi connectivity index (χ2v) is 11.8. The van der Waals surface area contributed by atoms with Gasteiger partial charge in [-0.3, -0.25) is 4.79 Å². The fraction of sp³-hybridized carbons (Fsp3) is 0.800. The van der Waals surface area contributed by atoms with Crippen LogP contribution in [0, 0.1) is 11.5 Å². The summed E-state index contributed by atoms with van der Waals surface area (Å²) in [6.45, 7) is 15.4. The Morgan fingerprint density at radius 1 is 1.05 bits per heavy atom. The molecule has 0 radical (unpaired) electrons. The smallest absolute Gasteiger partial charge is 0.322 e. The standard InChI is InChI=1S/C15H27ClO2Si/c1-11(2)19(12(3)4,13(5)6)9-8-14(7)18-15(17)10-16/h11-14H,10H2,1-7H3. The summed E-state index contributed by atoms with van der Waals surface area (Å²) in [7, 11) is -1.74. The molecule has 1 atom stereocenters. The zero-order valence-corrected chi connectivity index (χ0v) is 15.0. The quantitative estimate of drug-likeness (QED) is 0.326. The lowest BCUT2D eigenvalue weighted by Crippen LogP contribution is -2.43. The Morgan fingerprint density at radius 3 is 1.79 bits per heavy atom. The van der Waals surface area contributed by atoms with E-state index in [1.165, 1.54) is 0 Å². The first-order valence-corrected chi connectivity index (χ1v) is 9.73. The molecule has 0 rings (SSSR count). The van der Waals surface area contributed by atoms with Crippen LogP contribution in [0.4, 0.5) is 0 Å². The van der Waals surface area contributed by atoms with Gasteiger partial charge in [0.1, 0.15) is 14.0 Å². The third kappa shape index (κ3) is 4.85. The lowest BCUT2D eigenvalue weighted by molar-refractivity contribution is -0.142. The summed E-state index contributed by atoms with van der Waals surface area (Å²) in [5, 5.41) is 0. The molecule has 0 heterocycles. The van der Waals surface area contributed by atoms with Crippen molar-refractivity contribution in [1.29, 1.82) is 0 Å². The van der Waals surface area contributed by atoms with E-state index < -0.39 is 14.0 Å². The number of ether oxygens (including phenoxy) is 1. The highest BCUT2D eigenvalue weighted by Gasteiger charge is 2.41. The molecule has 110 valence electrons. The molecule has 0 aromatic rings. The number of hydrogen-bond acceptors (Lipinski definition) is 2. The summed E-state index contributed by atoms with van der Waals surface area (Å²) in [5.74, 6) is 2.62. The van der Waals surface area contributed by atoms with Gasteiger partial charge in [0.25, 0.3) is 0 Å². The van der Waals surface area contributed by atoms with Crippen molar-refractivity contribution in [2.24, 2.45) is 0 Å². The zero-order valence-electron chi connectivity index (χ0n) is 13.2. The van der Waals surface area contributed by atoms with E-state index in [1.807, 2.05) is 0 Å². The van der Waals surface area contributed by atoms with E-state index in [-0.39, 0.29) is 12.0 Å². The van der Waals surface area contributed by atoms with E-state index in [9.17, 15) is 4.79 Å². The highest BCUT2D eigenvalue weighted by molar-refractivity contribution is 6.90. The highest BCUT2D eigenvalue weighted by atomic mass is 35.5. The molecule has 0 aromatic carbocycles. The second kappa shape index (κ2) is 7.97. The maximum atomic E-state index is 11.1. The van der Waals surface area contributed by atoms with Gasteiger partial charge in [-0.05, 0) is 23.5 Å². The molecule has 1 unspecified atom stereocenters. The van der Waals surface area contributed by atoms with Crippen molar-refractivity contribution >= 4 is 25.6 Å². The number of hydrogen-bond donors (Lipinski definition) is 0. The molecule has 0 aliphatic carbocycles. The Balaban J connectivity index is 5.19. The highest BCUT2D eigenvalue weighted by Crippen LogP contribution is 2.40. The molecule has 0 aromatic heterocycles. The Hall–Kier alpha value is -0.463. The Morgan fingerprint density at radius 2 is 1.47 bits per heavy atom. The Labute approximate surface area is 124 Å². The largest absolute Gasteiger partial charge is 0.449 e. The molecular weight excluding hydrogens is 276 g/mol. The predicted molar refractivity (Wildman–Crippen MR) is 85.1 cm³/mol. The summed E-state index contributed by atoms with van der Waals surface area (Å²) in [4.78, 5) is 11.1. The second-order valence-electron chi connectivity index (χ2n) is 5.93. The van der Waals surface area contributed by atoms with Crippen molar-refractivity contribution in [3.8, 4) is 11.5 Å². The minimum Gasteiger partial charge on any atom is -0.449 e. The number of carbonyl (C=O) groups is 1. The van der Waals surface area contributed by atoms with Crippen molar-refractivity contribution in [2.75, 3.05) is 5.88 Å². The molecule has 0 aliphatic rings. The molecule has 0 aliphatic heterocycles. The molecule has 0 spiro atoms. The van der Waals surface area contributed by atoms with Crippen molar-refractivity contribution < 1.29 is 9.53 Å². The van der Waals surface area contributed by atoms with Crippen LogP contribution in [-0.2, 0) is 9.53 Å². The Bertz CT molecular complexity index is 331. The summed E-state index contributed by atoms with van der Waals surface area (Å²) >= 11 is 5.42. The molecule has 0 saturated carbocycles. The SMILES string of the molecule is CC(C#C[Si](C(C)C)(C(C)C)C(C)C)OC(=O)CCl. The minimum absolute atomic E-state index is 0.118. The van der Waals surface area contributed by atoms with Crippen LogP contribution >= 0.6 is 11.6 Å². The normalized spacial score (nSPS) is 13.4. The average Bonchev–Trinajstić information content (AvgIpc) is 2.27. The molecule has 0 amide bonds. The number of alkyl halides is 1.